The van der Waals surface area contributed by atoms with Gasteiger partial charge in [0.25, 0.3) is 0 Å². The molecule has 0 heterocycles. The number of carboxylic acids is 1. The number of nitrogens with two attached hydrogens (primary N) is 3. The third-order valence-corrected chi connectivity index (χ3v) is 4.71. The smallest absolute Gasteiger partial charge is 0.326 e. The van der Waals surface area contributed by atoms with Crippen molar-refractivity contribution in [2.75, 3.05) is 25.1 Å². The zero-order chi connectivity index (χ0) is 24.0. The Bertz CT molecular complexity index is 642. The summed E-state index contributed by atoms with van der Waals surface area (Å²) in [6.45, 7) is 1.13. The third kappa shape index (κ3) is 12.0. The van der Waals surface area contributed by atoms with Crippen molar-refractivity contribution in [2.45, 2.75) is 50.4 Å². The Morgan fingerprint density at radius 1 is 1.03 bits per heavy atom. The van der Waals surface area contributed by atoms with Crippen molar-refractivity contribution in [2.24, 2.45) is 22.2 Å². The Balaban J connectivity index is 5.16. The van der Waals surface area contributed by atoms with Gasteiger partial charge in [0, 0.05) is 6.54 Å². The number of nitrogens with zero attached hydrogens (tertiary/aromatic N) is 1. The lowest BCUT2D eigenvalue weighted by Crippen LogP contribution is -2.59. The van der Waals surface area contributed by atoms with Crippen LogP contribution in [-0.2, 0) is 19.2 Å². The van der Waals surface area contributed by atoms with Gasteiger partial charge in [-0.05, 0) is 38.2 Å². The monoisotopic (exact) mass is 463 g/mol. The Morgan fingerprint density at radius 3 is 2.16 bits per heavy atom. The molecule has 0 aromatic carbocycles. The van der Waals surface area contributed by atoms with Crippen molar-refractivity contribution < 1.29 is 29.4 Å². The standard InChI is InChI=1S/C17H33N7O6S/c1-9(25)13(24-14(27)10(5-7-31-2)22-12(26)8-18)15(28)23-11(16(29)30)4-3-6-21-17(19)20/h9-11,13,25H,3-8,18H2,1-2H3,(H,22,26)(H,23,28)(H,24,27)(H,29,30)(H4,19,20,21). The van der Waals surface area contributed by atoms with E-state index in [-0.39, 0.29) is 38.3 Å². The fourth-order valence-corrected chi connectivity index (χ4v) is 2.91. The van der Waals surface area contributed by atoms with Crippen LogP contribution in [-0.4, -0.2) is 89.2 Å². The quantitative estimate of drug-likeness (QED) is 0.0683. The van der Waals surface area contributed by atoms with Crippen molar-refractivity contribution >= 4 is 41.4 Å². The number of aliphatic carboxylic acids is 1. The van der Waals surface area contributed by atoms with E-state index in [1.165, 1.54) is 18.7 Å². The van der Waals surface area contributed by atoms with Gasteiger partial charge in [-0.25, -0.2) is 4.79 Å². The first-order chi connectivity index (χ1) is 14.5. The number of aliphatic hydroxyl groups excluding tert-OH is 1. The molecule has 0 aliphatic heterocycles. The first-order valence-corrected chi connectivity index (χ1v) is 11.0. The summed E-state index contributed by atoms with van der Waals surface area (Å²) in [5.41, 5.74) is 15.7. The van der Waals surface area contributed by atoms with Crippen LogP contribution in [0.1, 0.15) is 26.2 Å². The zero-order valence-corrected chi connectivity index (χ0v) is 18.5. The Hall–Kier alpha value is -2.58. The van der Waals surface area contributed by atoms with Gasteiger partial charge in [0.2, 0.25) is 17.7 Å². The van der Waals surface area contributed by atoms with E-state index in [0.29, 0.717) is 5.75 Å². The summed E-state index contributed by atoms with van der Waals surface area (Å²) < 4.78 is 0. The van der Waals surface area contributed by atoms with E-state index in [9.17, 15) is 29.4 Å². The molecule has 0 rings (SSSR count). The van der Waals surface area contributed by atoms with E-state index in [1.807, 2.05) is 6.26 Å². The lowest BCUT2D eigenvalue weighted by Gasteiger charge is -2.26. The number of hydrogen-bond acceptors (Lipinski definition) is 8. The molecule has 0 bridgehead atoms. The summed E-state index contributed by atoms with van der Waals surface area (Å²) in [4.78, 5) is 51.9. The van der Waals surface area contributed by atoms with E-state index in [4.69, 9.17) is 17.2 Å². The maximum Gasteiger partial charge on any atom is 0.326 e. The highest BCUT2D eigenvalue weighted by Gasteiger charge is 2.31. The minimum Gasteiger partial charge on any atom is -0.480 e. The largest absolute Gasteiger partial charge is 0.480 e. The van der Waals surface area contributed by atoms with Crippen LogP contribution in [0.2, 0.25) is 0 Å². The Kier molecular flexibility index (Phi) is 14.0. The zero-order valence-electron chi connectivity index (χ0n) is 17.7. The second-order valence-corrected chi connectivity index (χ2v) is 7.67. The average Bonchev–Trinajstić information content (AvgIpc) is 2.70. The van der Waals surface area contributed by atoms with Crippen molar-refractivity contribution in [1.29, 1.82) is 0 Å². The number of aliphatic imine (C=N–C) groups is 1. The maximum absolute atomic E-state index is 12.6. The molecule has 0 radical (unpaired) electrons. The molecular formula is C17H33N7O6S. The summed E-state index contributed by atoms with van der Waals surface area (Å²) in [6.07, 6.45) is 1.08. The molecule has 4 atom stereocenters. The number of hydrogen-bond donors (Lipinski definition) is 8. The van der Waals surface area contributed by atoms with Gasteiger partial charge in [-0.2, -0.15) is 11.8 Å². The fraction of sp³-hybridized carbons (Fsp3) is 0.706. The molecule has 31 heavy (non-hydrogen) atoms. The van der Waals surface area contributed by atoms with Crippen molar-refractivity contribution in [3.05, 3.63) is 0 Å². The fourth-order valence-electron chi connectivity index (χ4n) is 2.44. The second-order valence-electron chi connectivity index (χ2n) is 6.68. The van der Waals surface area contributed by atoms with Crippen molar-refractivity contribution in [1.82, 2.24) is 16.0 Å². The van der Waals surface area contributed by atoms with Crippen molar-refractivity contribution in [3.63, 3.8) is 0 Å². The lowest BCUT2D eigenvalue weighted by atomic mass is 10.1. The molecule has 13 nitrogen and oxygen atoms in total. The molecule has 0 saturated carbocycles. The molecule has 0 aliphatic carbocycles. The van der Waals surface area contributed by atoms with Crippen LogP contribution in [0.5, 0.6) is 0 Å². The molecule has 11 N–H and O–H groups in total. The SMILES string of the molecule is CSCCC(NC(=O)CN)C(=O)NC(C(=O)NC(CCCN=C(N)N)C(=O)O)C(C)O. The van der Waals surface area contributed by atoms with Crippen molar-refractivity contribution in [3.8, 4) is 0 Å². The first-order valence-electron chi connectivity index (χ1n) is 9.58. The molecule has 0 aliphatic rings. The van der Waals surface area contributed by atoms with E-state index >= 15 is 0 Å². The summed E-state index contributed by atoms with van der Waals surface area (Å²) in [6, 6.07) is -3.67. The Labute approximate surface area is 185 Å². The molecule has 178 valence electrons. The third-order valence-electron chi connectivity index (χ3n) is 4.07. The molecule has 0 aromatic rings. The van der Waals surface area contributed by atoms with Gasteiger partial charge >= 0.3 is 5.97 Å². The van der Waals surface area contributed by atoms with E-state index < -0.39 is 47.9 Å². The van der Waals surface area contributed by atoms with Crippen LogP contribution >= 0.6 is 11.8 Å². The highest BCUT2D eigenvalue weighted by atomic mass is 32.2. The molecule has 0 aromatic heterocycles. The first kappa shape index (κ1) is 28.4. The van der Waals surface area contributed by atoms with Crippen LogP contribution in [0, 0.1) is 0 Å². The molecule has 14 heteroatoms. The maximum atomic E-state index is 12.6. The number of rotatable bonds is 15. The number of guanidine groups is 1. The second kappa shape index (κ2) is 15.3. The van der Waals surface area contributed by atoms with Crippen LogP contribution in [0.15, 0.2) is 4.99 Å². The summed E-state index contributed by atoms with van der Waals surface area (Å²) in [5.74, 6) is -3.01. The van der Waals surface area contributed by atoms with Gasteiger partial charge in [0.15, 0.2) is 5.96 Å². The number of carbonyl (C=O) groups excluding carboxylic acids is 3. The lowest BCUT2D eigenvalue weighted by molar-refractivity contribution is -0.143. The van der Waals surface area contributed by atoms with Gasteiger partial charge in [-0.1, -0.05) is 0 Å². The number of carbonyl (C=O) groups is 4. The van der Waals surface area contributed by atoms with E-state index in [1.54, 1.807) is 0 Å². The van der Waals surface area contributed by atoms with Gasteiger partial charge < -0.3 is 43.4 Å². The number of amides is 3. The van der Waals surface area contributed by atoms with E-state index in [0.717, 1.165) is 0 Å². The van der Waals surface area contributed by atoms with Gasteiger partial charge in [-0.15, -0.1) is 0 Å². The highest BCUT2D eigenvalue weighted by Crippen LogP contribution is 2.05. The number of nitrogens with one attached hydrogen (secondary N) is 3. The predicted octanol–water partition coefficient (Wildman–Crippen LogP) is -3.33. The van der Waals surface area contributed by atoms with Gasteiger partial charge in [0.05, 0.1) is 12.6 Å². The minimum atomic E-state index is -1.43. The van der Waals surface area contributed by atoms with Crippen LogP contribution in [0.25, 0.3) is 0 Å². The summed E-state index contributed by atoms with van der Waals surface area (Å²) in [7, 11) is 0. The number of carboxylic acid groups (broad SMARTS) is 1. The van der Waals surface area contributed by atoms with Crippen LogP contribution < -0.4 is 33.2 Å². The molecule has 3 amide bonds. The summed E-state index contributed by atoms with van der Waals surface area (Å²) in [5, 5.41) is 26.4. The van der Waals surface area contributed by atoms with Gasteiger partial charge in [0.1, 0.15) is 18.1 Å². The molecular weight excluding hydrogens is 430 g/mol. The molecule has 0 fully saturated rings. The molecule has 0 spiro atoms. The van der Waals surface area contributed by atoms with E-state index in [2.05, 4.69) is 20.9 Å². The molecule has 0 saturated heterocycles. The highest BCUT2D eigenvalue weighted by molar-refractivity contribution is 7.98. The minimum absolute atomic E-state index is 0.0290. The van der Waals surface area contributed by atoms with Crippen LogP contribution in [0.3, 0.4) is 0 Å². The number of aliphatic hydroxyl groups is 1. The summed E-state index contributed by atoms with van der Waals surface area (Å²) >= 11 is 1.45. The van der Waals surface area contributed by atoms with Gasteiger partial charge in [-0.3, -0.25) is 19.4 Å². The molecule has 4 unspecified atom stereocenters. The normalized spacial score (nSPS) is 14.5. The Morgan fingerprint density at radius 2 is 1.68 bits per heavy atom. The average molecular weight is 464 g/mol. The number of thioether (sulfide) groups is 1. The topological polar surface area (TPSA) is 235 Å². The predicted molar refractivity (Wildman–Crippen MR) is 117 cm³/mol. The van der Waals surface area contributed by atoms with Crippen LogP contribution in [0.4, 0.5) is 0 Å².